The number of hydrogen-bond donors (Lipinski definition) is 3. The molecule has 3 N–H and O–H groups in total. The van der Waals surface area contributed by atoms with E-state index >= 15 is 0 Å². The first kappa shape index (κ1) is 18.8. The normalized spacial score (nSPS) is 19.3. The highest BCUT2D eigenvalue weighted by atomic mass is 35.5. The van der Waals surface area contributed by atoms with Gasteiger partial charge in [0.1, 0.15) is 17.1 Å². The molecule has 0 spiro atoms. The van der Waals surface area contributed by atoms with Gasteiger partial charge in [-0.1, -0.05) is 11.6 Å². The van der Waals surface area contributed by atoms with E-state index in [0.717, 1.165) is 25.9 Å². The number of aromatic nitrogens is 4. The van der Waals surface area contributed by atoms with E-state index in [1.54, 1.807) is 6.92 Å². The molecule has 3 rings (SSSR count). The molecule has 0 amide bonds. The number of hydrogen-bond acceptors (Lipinski definition) is 8. The third-order valence-electron chi connectivity index (χ3n) is 4.59. The Kier molecular flexibility index (Phi) is 5.85. The topological polar surface area (TPSA) is 107 Å². The Hall–Kier alpha value is -2.03. The summed E-state index contributed by atoms with van der Waals surface area (Å²) in [4.78, 5) is 10.8. The van der Waals surface area contributed by atoms with Gasteiger partial charge in [-0.2, -0.15) is 0 Å². The van der Waals surface area contributed by atoms with E-state index < -0.39 is 0 Å². The smallest absolute Gasteiger partial charge is 0.243 e. The lowest BCUT2D eigenvalue weighted by molar-refractivity contribution is 0.110. The van der Waals surface area contributed by atoms with E-state index in [4.69, 9.17) is 11.6 Å². The second-order valence-corrected chi connectivity index (χ2v) is 7.04. The summed E-state index contributed by atoms with van der Waals surface area (Å²) in [6, 6.07) is 1.75. The fourth-order valence-electron chi connectivity index (χ4n) is 3.12. The zero-order valence-electron chi connectivity index (χ0n) is 14.9. The first-order valence-electron chi connectivity index (χ1n) is 8.65. The van der Waals surface area contributed by atoms with Gasteiger partial charge in [0.05, 0.1) is 17.3 Å². The third kappa shape index (κ3) is 4.20. The molecule has 9 heteroatoms. The minimum atomic E-state index is -0.0571. The Morgan fingerprint density at radius 2 is 2.19 bits per heavy atom. The molecule has 0 aromatic carbocycles. The van der Waals surface area contributed by atoms with E-state index in [0.29, 0.717) is 28.1 Å². The van der Waals surface area contributed by atoms with E-state index in [1.807, 2.05) is 6.92 Å². The predicted octanol–water partition coefficient (Wildman–Crippen LogP) is 1.86. The maximum Gasteiger partial charge on any atom is 0.243 e. The van der Waals surface area contributed by atoms with Crippen LogP contribution >= 0.6 is 11.6 Å². The van der Waals surface area contributed by atoms with Gasteiger partial charge < -0.3 is 15.5 Å². The summed E-state index contributed by atoms with van der Waals surface area (Å²) in [5.41, 5.74) is 1.34. The molecule has 1 aliphatic rings. The van der Waals surface area contributed by atoms with Crippen molar-refractivity contribution in [2.45, 2.75) is 38.8 Å². The van der Waals surface area contributed by atoms with Gasteiger partial charge in [0.15, 0.2) is 0 Å². The molecule has 2 unspecified atom stereocenters. The summed E-state index contributed by atoms with van der Waals surface area (Å²) in [5.74, 6) is 0.390. The summed E-state index contributed by atoms with van der Waals surface area (Å²) >= 11 is 5.82. The number of pyridine rings is 1. The van der Waals surface area contributed by atoms with Crippen LogP contribution in [0.3, 0.4) is 0 Å². The van der Waals surface area contributed by atoms with Gasteiger partial charge in [-0.05, 0) is 33.2 Å². The molecular formula is C17H23ClN6O2. The van der Waals surface area contributed by atoms with Gasteiger partial charge in [0.25, 0.3) is 0 Å². The van der Waals surface area contributed by atoms with Crippen molar-refractivity contribution in [3.8, 4) is 17.1 Å². The van der Waals surface area contributed by atoms with Gasteiger partial charge in [-0.25, -0.2) is 9.97 Å². The lowest BCUT2D eigenvalue weighted by Crippen LogP contribution is -2.47. The minimum absolute atomic E-state index is 0.0571. The fourth-order valence-corrected chi connectivity index (χ4v) is 3.27. The number of anilines is 1. The van der Waals surface area contributed by atoms with Crippen molar-refractivity contribution in [2.24, 2.45) is 0 Å². The van der Waals surface area contributed by atoms with E-state index in [2.05, 4.69) is 30.4 Å². The second kappa shape index (κ2) is 8.11. The quantitative estimate of drug-likeness (QED) is 0.723. The second-order valence-electron chi connectivity index (χ2n) is 6.60. The third-order valence-corrected chi connectivity index (χ3v) is 4.80. The van der Waals surface area contributed by atoms with Crippen LogP contribution in [0.25, 0.3) is 11.4 Å². The zero-order valence-corrected chi connectivity index (χ0v) is 15.6. The molecule has 26 heavy (non-hydrogen) atoms. The summed E-state index contributed by atoms with van der Waals surface area (Å²) in [6.07, 6.45) is 3.51. The van der Waals surface area contributed by atoms with Crippen molar-refractivity contribution < 1.29 is 10.2 Å². The van der Waals surface area contributed by atoms with Crippen molar-refractivity contribution in [2.75, 3.05) is 25.0 Å². The van der Waals surface area contributed by atoms with Crippen LogP contribution in [0, 0.1) is 6.92 Å². The Bertz CT molecular complexity index is 775. The molecule has 3 heterocycles. The molecule has 0 bridgehead atoms. The fraction of sp³-hybridized carbons (Fsp3) is 0.529. The van der Waals surface area contributed by atoms with E-state index in [1.165, 1.54) is 12.3 Å². The van der Waals surface area contributed by atoms with Gasteiger partial charge in [0, 0.05) is 30.9 Å². The van der Waals surface area contributed by atoms with Gasteiger partial charge >= 0.3 is 0 Å². The molecule has 2 aromatic heterocycles. The largest absolute Gasteiger partial charge is 0.506 e. The summed E-state index contributed by atoms with van der Waals surface area (Å²) in [7, 11) is 0. The van der Waals surface area contributed by atoms with Crippen LogP contribution in [-0.4, -0.2) is 67.1 Å². The lowest BCUT2D eigenvalue weighted by Gasteiger charge is -2.36. The molecule has 1 saturated heterocycles. The number of aryl methyl sites for hydroxylation is 1. The molecule has 140 valence electrons. The number of rotatable bonds is 5. The molecule has 2 aromatic rings. The minimum Gasteiger partial charge on any atom is -0.506 e. The average molecular weight is 379 g/mol. The summed E-state index contributed by atoms with van der Waals surface area (Å²) in [5, 5.41) is 31.4. The first-order valence-corrected chi connectivity index (χ1v) is 9.03. The van der Waals surface area contributed by atoms with E-state index in [-0.39, 0.29) is 24.4 Å². The molecule has 0 aliphatic carbocycles. The Morgan fingerprint density at radius 3 is 2.88 bits per heavy atom. The first-order chi connectivity index (χ1) is 12.5. The Balaban J connectivity index is 1.73. The molecule has 8 nitrogen and oxygen atoms in total. The number of nitrogens with one attached hydrogen (secondary N) is 1. The van der Waals surface area contributed by atoms with Crippen molar-refractivity contribution in [3.05, 3.63) is 23.0 Å². The Labute approximate surface area is 157 Å². The highest BCUT2D eigenvalue weighted by molar-refractivity contribution is 6.30. The number of aliphatic hydroxyl groups excluding tert-OH is 1. The Morgan fingerprint density at radius 1 is 1.38 bits per heavy atom. The molecule has 0 saturated carbocycles. The number of aliphatic hydroxyl groups is 1. The highest BCUT2D eigenvalue weighted by Crippen LogP contribution is 2.29. The number of aromatic hydroxyl groups is 1. The molecule has 2 atom stereocenters. The molecular weight excluding hydrogens is 356 g/mol. The van der Waals surface area contributed by atoms with Gasteiger partial charge in [-0.3, -0.25) is 4.90 Å². The number of halogens is 1. The van der Waals surface area contributed by atoms with Gasteiger partial charge in [0.2, 0.25) is 5.95 Å². The summed E-state index contributed by atoms with van der Waals surface area (Å²) in [6.45, 7) is 5.77. The van der Waals surface area contributed by atoms with Crippen LogP contribution in [-0.2, 0) is 0 Å². The van der Waals surface area contributed by atoms with Crippen molar-refractivity contribution >= 4 is 17.5 Å². The van der Waals surface area contributed by atoms with Crippen LogP contribution in [0.2, 0.25) is 5.02 Å². The SMILES string of the molecule is Cc1nc(NC2CCCN(C(C)CO)C2)nnc1-c1ncc(Cl)cc1O. The van der Waals surface area contributed by atoms with Crippen molar-refractivity contribution in [1.82, 2.24) is 25.1 Å². The zero-order chi connectivity index (χ0) is 18.7. The lowest BCUT2D eigenvalue weighted by atomic mass is 10.0. The monoisotopic (exact) mass is 378 g/mol. The standard InChI is InChI=1S/C17H23ClN6O2/c1-10(9-25)24-5-3-4-13(8-24)21-17-20-11(2)15(22-23-17)16-14(26)6-12(18)7-19-16/h6-7,10,13,25-26H,3-5,8-9H2,1-2H3,(H,20,21,23). The summed E-state index contributed by atoms with van der Waals surface area (Å²) < 4.78 is 0. The van der Waals surface area contributed by atoms with Crippen LogP contribution < -0.4 is 5.32 Å². The van der Waals surface area contributed by atoms with Crippen LogP contribution in [0.5, 0.6) is 5.75 Å². The maximum atomic E-state index is 10.0. The van der Waals surface area contributed by atoms with Crippen LogP contribution in [0.15, 0.2) is 12.3 Å². The number of piperidine rings is 1. The van der Waals surface area contributed by atoms with Gasteiger partial charge in [-0.15, -0.1) is 10.2 Å². The maximum absolute atomic E-state index is 10.0. The van der Waals surface area contributed by atoms with Crippen LogP contribution in [0.4, 0.5) is 5.95 Å². The van der Waals surface area contributed by atoms with Crippen molar-refractivity contribution in [3.63, 3.8) is 0 Å². The van der Waals surface area contributed by atoms with E-state index in [9.17, 15) is 10.2 Å². The van der Waals surface area contributed by atoms with Crippen LogP contribution in [0.1, 0.15) is 25.5 Å². The predicted molar refractivity (Wildman–Crippen MR) is 99.2 cm³/mol. The average Bonchev–Trinajstić information content (AvgIpc) is 2.62. The number of likely N-dealkylation sites (tertiary alicyclic amines) is 1. The highest BCUT2D eigenvalue weighted by Gasteiger charge is 2.24. The van der Waals surface area contributed by atoms with Crippen molar-refractivity contribution in [1.29, 1.82) is 0 Å². The molecule has 1 aliphatic heterocycles. The molecule has 0 radical (unpaired) electrons. The number of nitrogens with zero attached hydrogens (tertiary/aromatic N) is 5. The molecule has 1 fully saturated rings.